The average Bonchev–Trinajstić information content (AvgIpc) is 2.25. The van der Waals surface area contributed by atoms with Crippen LogP contribution in [-0.2, 0) is 4.79 Å². The quantitative estimate of drug-likeness (QED) is 0.678. The first-order valence-electron chi connectivity index (χ1n) is 4.33. The van der Waals surface area contributed by atoms with Crippen molar-refractivity contribution in [3.63, 3.8) is 0 Å². The number of rotatable bonds is 3. The van der Waals surface area contributed by atoms with Crippen LogP contribution in [0.25, 0.3) is 6.08 Å². The molecule has 1 rings (SSSR count). The SMILES string of the molecule is COc1ccc(/C=C(\C#N)C(N)=O)cc1Br. The van der Waals surface area contributed by atoms with Crippen LogP contribution >= 0.6 is 15.9 Å². The van der Waals surface area contributed by atoms with Crippen molar-refractivity contribution in [2.75, 3.05) is 7.11 Å². The number of carbonyl (C=O) groups is 1. The van der Waals surface area contributed by atoms with E-state index in [9.17, 15) is 4.79 Å². The summed E-state index contributed by atoms with van der Waals surface area (Å²) in [7, 11) is 1.56. The highest BCUT2D eigenvalue weighted by Gasteiger charge is 2.05. The Bertz CT molecular complexity index is 489. The van der Waals surface area contributed by atoms with Crippen LogP contribution in [0.15, 0.2) is 28.2 Å². The minimum Gasteiger partial charge on any atom is -0.496 e. The summed E-state index contributed by atoms with van der Waals surface area (Å²) in [4.78, 5) is 10.8. The molecule has 0 fully saturated rings. The molecule has 0 heterocycles. The number of carbonyl (C=O) groups excluding carboxylic acids is 1. The molecule has 0 saturated carbocycles. The van der Waals surface area contributed by atoms with Crippen LogP contribution in [0.1, 0.15) is 5.56 Å². The lowest BCUT2D eigenvalue weighted by Crippen LogP contribution is -2.12. The summed E-state index contributed by atoms with van der Waals surface area (Å²) in [6.07, 6.45) is 1.42. The Morgan fingerprint density at radius 2 is 2.31 bits per heavy atom. The lowest BCUT2D eigenvalue weighted by molar-refractivity contribution is -0.114. The van der Waals surface area contributed by atoms with Gasteiger partial charge in [-0.1, -0.05) is 6.07 Å². The molecule has 0 aliphatic rings. The van der Waals surface area contributed by atoms with E-state index in [1.165, 1.54) is 6.08 Å². The van der Waals surface area contributed by atoms with E-state index in [1.807, 2.05) is 0 Å². The Kier molecular flexibility index (Phi) is 4.09. The number of nitriles is 1. The zero-order chi connectivity index (χ0) is 12.1. The number of ether oxygens (including phenoxy) is 1. The molecule has 0 unspecified atom stereocenters. The largest absolute Gasteiger partial charge is 0.496 e. The van der Waals surface area contributed by atoms with Crippen LogP contribution < -0.4 is 10.5 Å². The van der Waals surface area contributed by atoms with Crippen molar-refractivity contribution in [2.45, 2.75) is 0 Å². The van der Waals surface area contributed by atoms with Crippen LogP contribution in [0.5, 0.6) is 5.75 Å². The van der Waals surface area contributed by atoms with E-state index >= 15 is 0 Å². The molecule has 0 spiro atoms. The number of nitrogens with zero attached hydrogens (tertiary/aromatic N) is 1. The smallest absolute Gasteiger partial charge is 0.259 e. The maximum Gasteiger partial charge on any atom is 0.259 e. The zero-order valence-electron chi connectivity index (χ0n) is 8.53. The predicted molar refractivity (Wildman–Crippen MR) is 63.5 cm³/mol. The number of amides is 1. The maximum atomic E-state index is 10.8. The van der Waals surface area contributed by atoms with Gasteiger partial charge in [0, 0.05) is 0 Å². The standard InChI is InChI=1S/C11H9BrN2O2/c1-16-10-3-2-7(5-9(10)12)4-8(6-13)11(14)15/h2-5H,1H3,(H2,14,15)/b8-4+. The van der Waals surface area contributed by atoms with Crippen LogP contribution in [0, 0.1) is 11.3 Å². The van der Waals surface area contributed by atoms with E-state index in [4.69, 9.17) is 15.7 Å². The number of hydrogen-bond donors (Lipinski definition) is 1. The fourth-order valence-electron chi connectivity index (χ4n) is 1.10. The van der Waals surface area contributed by atoms with Crippen molar-refractivity contribution in [3.8, 4) is 11.8 Å². The first kappa shape index (κ1) is 12.3. The van der Waals surface area contributed by atoms with Crippen molar-refractivity contribution in [1.82, 2.24) is 0 Å². The molecule has 0 atom stereocenters. The highest BCUT2D eigenvalue weighted by Crippen LogP contribution is 2.26. The number of halogens is 1. The normalized spacial score (nSPS) is 10.7. The summed E-state index contributed by atoms with van der Waals surface area (Å²) in [5.74, 6) is -0.0656. The summed E-state index contributed by atoms with van der Waals surface area (Å²) in [6, 6.07) is 6.93. The molecule has 1 aromatic carbocycles. The lowest BCUT2D eigenvalue weighted by atomic mass is 10.1. The molecule has 0 aliphatic carbocycles. The molecule has 4 nitrogen and oxygen atoms in total. The fraction of sp³-hybridized carbons (Fsp3) is 0.0909. The van der Waals surface area contributed by atoms with Crippen LogP contribution in [-0.4, -0.2) is 13.0 Å². The fourth-order valence-corrected chi connectivity index (χ4v) is 1.66. The summed E-state index contributed by atoms with van der Waals surface area (Å²) in [5, 5.41) is 8.67. The maximum absolute atomic E-state index is 10.8. The summed E-state index contributed by atoms with van der Waals surface area (Å²) >= 11 is 3.30. The van der Waals surface area contributed by atoms with E-state index in [0.717, 1.165) is 4.47 Å². The Labute approximate surface area is 101 Å². The topological polar surface area (TPSA) is 76.1 Å². The Balaban J connectivity index is 3.12. The molecule has 0 aliphatic heterocycles. The molecule has 0 aromatic heterocycles. The van der Waals surface area contributed by atoms with Crippen LogP contribution in [0.3, 0.4) is 0 Å². The van der Waals surface area contributed by atoms with Crippen molar-refractivity contribution < 1.29 is 9.53 Å². The molecule has 1 amide bonds. The third kappa shape index (κ3) is 2.84. The Hall–Kier alpha value is -1.80. The van der Waals surface area contributed by atoms with E-state index in [1.54, 1.807) is 31.4 Å². The highest BCUT2D eigenvalue weighted by atomic mass is 79.9. The second-order valence-corrected chi connectivity index (χ2v) is 3.78. The second-order valence-electron chi connectivity index (χ2n) is 2.93. The number of methoxy groups -OCH3 is 1. The van der Waals surface area contributed by atoms with Gasteiger partial charge in [0.25, 0.3) is 5.91 Å². The molecule has 16 heavy (non-hydrogen) atoms. The predicted octanol–water partition coefficient (Wildman–Crippen LogP) is 1.85. The molecule has 82 valence electrons. The molecule has 0 radical (unpaired) electrons. The highest BCUT2D eigenvalue weighted by molar-refractivity contribution is 9.10. The van der Waals surface area contributed by atoms with E-state index in [-0.39, 0.29) is 5.57 Å². The van der Waals surface area contributed by atoms with Crippen molar-refractivity contribution in [1.29, 1.82) is 5.26 Å². The summed E-state index contributed by atoms with van der Waals surface area (Å²) in [6.45, 7) is 0. The zero-order valence-corrected chi connectivity index (χ0v) is 10.1. The van der Waals surface area contributed by atoms with Crippen molar-refractivity contribution in [2.24, 2.45) is 5.73 Å². The lowest BCUT2D eigenvalue weighted by Gasteiger charge is -2.03. The molecule has 2 N–H and O–H groups in total. The number of nitrogens with two attached hydrogens (primary N) is 1. The number of primary amides is 1. The van der Waals surface area contributed by atoms with E-state index < -0.39 is 5.91 Å². The van der Waals surface area contributed by atoms with Gasteiger partial charge in [0.15, 0.2) is 0 Å². The molecular weight excluding hydrogens is 272 g/mol. The van der Waals surface area contributed by atoms with Gasteiger partial charge in [-0.15, -0.1) is 0 Å². The second kappa shape index (κ2) is 5.33. The van der Waals surface area contributed by atoms with Gasteiger partial charge in [-0.05, 0) is 39.7 Å². The van der Waals surface area contributed by atoms with Gasteiger partial charge in [-0.25, -0.2) is 0 Å². The van der Waals surface area contributed by atoms with E-state index in [2.05, 4.69) is 15.9 Å². The van der Waals surface area contributed by atoms with E-state index in [0.29, 0.717) is 11.3 Å². The molecule has 0 saturated heterocycles. The monoisotopic (exact) mass is 280 g/mol. The molecular formula is C11H9BrN2O2. The van der Waals surface area contributed by atoms with Crippen molar-refractivity contribution in [3.05, 3.63) is 33.8 Å². The van der Waals surface area contributed by atoms with Gasteiger partial charge in [0.1, 0.15) is 17.4 Å². The van der Waals surface area contributed by atoms with Crippen LogP contribution in [0.2, 0.25) is 0 Å². The minimum atomic E-state index is -0.741. The molecule has 5 heteroatoms. The number of benzene rings is 1. The third-order valence-corrected chi connectivity index (χ3v) is 2.49. The molecule has 1 aromatic rings. The van der Waals surface area contributed by atoms with Gasteiger partial charge in [0.05, 0.1) is 11.6 Å². The van der Waals surface area contributed by atoms with Gasteiger partial charge in [-0.3, -0.25) is 4.79 Å². The van der Waals surface area contributed by atoms with Gasteiger partial charge in [-0.2, -0.15) is 5.26 Å². The third-order valence-electron chi connectivity index (χ3n) is 1.87. The number of hydrogen-bond acceptors (Lipinski definition) is 3. The summed E-state index contributed by atoms with van der Waals surface area (Å²) < 4.78 is 5.80. The van der Waals surface area contributed by atoms with Crippen LogP contribution in [0.4, 0.5) is 0 Å². The average molecular weight is 281 g/mol. The first-order chi connectivity index (χ1) is 7.58. The van der Waals surface area contributed by atoms with Gasteiger partial charge in [0.2, 0.25) is 0 Å². The Morgan fingerprint density at radius 3 is 2.75 bits per heavy atom. The minimum absolute atomic E-state index is 0.0860. The van der Waals surface area contributed by atoms with Gasteiger partial charge >= 0.3 is 0 Å². The first-order valence-corrected chi connectivity index (χ1v) is 5.13. The van der Waals surface area contributed by atoms with Gasteiger partial charge < -0.3 is 10.5 Å². The summed E-state index contributed by atoms with van der Waals surface area (Å²) in [5.41, 5.74) is 5.63. The Morgan fingerprint density at radius 1 is 1.62 bits per heavy atom. The molecule has 0 bridgehead atoms. The van der Waals surface area contributed by atoms with Crippen molar-refractivity contribution >= 4 is 27.9 Å².